The number of carboxylic acid groups (broad SMARTS) is 1. The van der Waals surface area contributed by atoms with Crippen molar-refractivity contribution in [3.8, 4) is 0 Å². The molecule has 7 heteroatoms. The Morgan fingerprint density at radius 3 is 2.74 bits per heavy atom. The van der Waals surface area contributed by atoms with Gasteiger partial charge in [-0.2, -0.15) is 0 Å². The van der Waals surface area contributed by atoms with Crippen molar-refractivity contribution in [2.24, 2.45) is 0 Å². The number of anilines is 1. The van der Waals surface area contributed by atoms with Crippen molar-refractivity contribution in [3.05, 3.63) is 40.2 Å². The Kier molecular flexibility index (Phi) is 3.77. The first-order valence-electron chi connectivity index (χ1n) is 7.42. The number of carboxylic acids is 1. The van der Waals surface area contributed by atoms with Gasteiger partial charge in [0.15, 0.2) is 0 Å². The predicted octanol–water partition coefficient (Wildman–Crippen LogP) is 1.12. The molecule has 23 heavy (non-hydrogen) atoms. The summed E-state index contributed by atoms with van der Waals surface area (Å²) >= 11 is 0. The second kappa shape index (κ2) is 5.75. The lowest BCUT2D eigenvalue weighted by Crippen LogP contribution is -2.31. The van der Waals surface area contributed by atoms with Gasteiger partial charge in [0.25, 0.3) is 5.91 Å². The number of aromatic nitrogens is 1. The van der Waals surface area contributed by atoms with E-state index < -0.39 is 17.3 Å². The van der Waals surface area contributed by atoms with Crippen LogP contribution in [0.15, 0.2) is 29.2 Å². The van der Waals surface area contributed by atoms with Crippen molar-refractivity contribution in [3.63, 3.8) is 0 Å². The van der Waals surface area contributed by atoms with Crippen molar-refractivity contribution in [1.29, 1.82) is 0 Å². The molecule has 1 aliphatic carbocycles. The van der Waals surface area contributed by atoms with E-state index in [0.29, 0.717) is 11.1 Å². The van der Waals surface area contributed by atoms with E-state index in [-0.39, 0.29) is 24.6 Å². The summed E-state index contributed by atoms with van der Waals surface area (Å²) in [6, 6.07) is 5.50. The molecule has 7 nitrogen and oxygen atoms in total. The minimum absolute atomic E-state index is 0.00677. The first-order chi connectivity index (χ1) is 11.0. The minimum Gasteiger partial charge on any atom is -0.481 e. The van der Waals surface area contributed by atoms with Gasteiger partial charge in [0.2, 0.25) is 5.43 Å². The molecule has 1 amide bonds. The van der Waals surface area contributed by atoms with E-state index in [1.54, 1.807) is 18.3 Å². The SMILES string of the molecule is Nc1cccc2c1c(=O)c(C(=O)NCCC(=O)O)cn2C1CC1. The lowest BCUT2D eigenvalue weighted by atomic mass is 10.1. The highest BCUT2D eigenvalue weighted by Gasteiger charge is 2.27. The molecule has 1 aliphatic rings. The summed E-state index contributed by atoms with van der Waals surface area (Å²) in [5.41, 5.74) is 6.56. The van der Waals surface area contributed by atoms with Crippen LogP contribution in [0.1, 0.15) is 35.7 Å². The second-order valence-corrected chi connectivity index (χ2v) is 5.65. The topological polar surface area (TPSA) is 114 Å². The summed E-state index contributed by atoms with van der Waals surface area (Å²) in [6.45, 7) is -0.0284. The largest absolute Gasteiger partial charge is 0.481 e. The third-order valence-electron chi connectivity index (χ3n) is 3.90. The molecule has 1 fully saturated rings. The summed E-state index contributed by atoms with van der Waals surface area (Å²) in [6.07, 6.45) is 3.34. The molecule has 2 aromatic rings. The number of fused-ring (bicyclic) bond motifs is 1. The Morgan fingerprint density at radius 1 is 1.35 bits per heavy atom. The molecule has 1 aromatic carbocycles. The highest BCUT2D eigenvalue weighted by Crippen LogP contribution is 2.37. The molecule has 0 unspecified atom stereocenters. The molecular weight excluding hydrogens is 298 g/mol. The van der Waals surface area contributed by atoms with Gasteiger partial charge >= 0.3 is 5.97 Å². The van der Waals surface area contributed by atoms with E-state index in [1.807, 2.05) is 10.6 Å². The van der Waals surface area contributed by atoms with Gasteiger partial charge in [0.05, 0.1) is 17.3 Å². The van der Waals surface area contributed by atoms with E-state index in [1.165, 1.54) is 0 Å². The molecule has 0 saturated heterocycles. The average molecular weight is 315 g/mol. The van der Waals surface area contributed by atoms with Crippen molar-refractivity contribution >= 4 is 28.5 Å². The lowest BCUT2D eigenvalue weighted by Gasteiger charge is -2.13. The van der Waals surface area contributed by atoms with Crippen LogP contribution in [0.5, 0.6) is 0 Å². The number of nitrogens with zero attached hydrogens (tertiary/aromatic N) is 1. The van der Waals surface area contributed by atoms with Gasteiger partial charge in [0.1, 0.15) is 5.56 Å². The maximum Gasteiger partial charge on any atom is 0.305 e. The Balaban J connectivity index is 2.05. The zero-order chi connectivity index (χ0) is 16.6. The van der Waals surface area contributed by atoms with Crippen molar-refractivity contribution < 1.29 is 14.7 Å². The van der Waals surface area contributed by atoms with Gasteiger partial charge in [-0.1, -0.05) is 6.07 Å². The third kappa shape index (κ3) is 2.90. The van der Waals surface area contributed by atoms with Gasteiger partial charge in [-0.05, 0) is 25.0 Å². The molecule has 0 spiro atoms. The Labute approximate surface area is 131 Å². The average Bonchev–Trinajstić information content (AvgIpc) is 3.31. The number of rotatable bonds is 5. The first-order valence-corrected chi connectivity index (χ1v) is 7.42. The van der Waals surface area contributed by atoms with Crippen molar-refractivity contribution in [1.82, 2.24) is 9.88 Å². The molecule has 1 aromatic heterocycles. The third-order valence-corrected chi connectivity index (χ3v) is 3.90. The van der Waals surface area contributed by atoms with Crippen LogP contribution in [0, 0.1) is 0 Å². The quantitative estimate of drug-likeness (QED) is 0.715. The monoisotopic (exact) mass is 315 g/mol. The molecule has 0 aliphatic heterocycles. The molecule has 120 valence electrons. The highest BCUT2D eigenvalue weighted by molar-refractivity contribution is 6.00. The van der Waals surface area contributed by atoms with Crippen LogP contribution < -0.4 is 16.5 Å². The Morgan fingerprint density at radius 2 is 2.09 bits per heavy atom. The van der Waals surface area contributed by atoms with E-state index in [4.69, 9.17) is 10.8 Å². The molecule has 0 atom stereocenters. The number of aliphatic carboxylic acids is 1. The number of benzene rings is 1. The maximum absolute atomic E-state index is 12.6. The molecule has 1 heterocycles. The highest BCUT2D eigenvalue weighted by atomic mass is 16.4. The van der Waals surface area contributed by atoms with Crippen molar-refractivity contribution in [2.75, 3.05) is 12.3 Å². The zero-order valence-corrected chi connectivity index (χ0v) is 12.4. The Hall–Kier alpha value is -2.83. The number of carbonyl (C=O) groups excluding carboxylic acids is 1. The number of nitrogen functional groups attached to an aromatic ring is 1. The van der Waals surface area contributed by atoms with E-state index in [9.17, 15) is 14.4 Å². The maximum atomic E-state index is 12.6. The van der Waals surface area contributed by atoms with Gasteiger partial charge in [-0.25, -0.2) is 0 Å². The smallest absolute Gasteiger partial charge is 0.305 e. The number of nitrogens with two attached hydrogens (primary N) is 1. The normalized spacial score (nSPS) is 13.9. The fraction of sp³-hybridized carbons (Fsp3) is 0.312. The molecule has 0 bridgehead atoms. The van der Waals surface area contributed by atoms with Crippen LogP contribution >= 0.6 is 0 Å². The number of nitrogens with one attached hydrogen (secondary N) is 1. The predicted molar refractivity (Wildman–Crippen MR) is 85.5 cm³/mol. The number of amides is 1. The van der Waals surface area contributed by atoms with Crippen LogP contribution in [0.4, 0.5) is 5.69 Å². The Bertz CT molecular complexity index is 852. The van der Waals surface area contributed by atoms with Gasteiger partial charge in [-0.15, -0.1) is 0 Å². The molecule has 0 radical (unpaired) electrons. The van der Waals surface area contributed by atoms with Gasteiger partial charge in [0, 0.05) is 24.5 Å². The van der Waals surface area contributed by atoms with Crippen LogP contribution in [0.3, 0.4) is 0 Å². The fourth-order valence-electron chi connectivity index (χ4n) is 2.62. The summed E-state index contributed by atoms with van der Waals surface area (Å²) < 4.78 is 1.92. The number of hydrogen-bond donors (Lipinski definition) is 3. The minimum atomic E-state index is -1.01. The second-order valence-electron chi connectivity index (χ2n) is 5.65. The van der Waals surface area contributed by atoms with E-state index in [0.717, 1.165) is 18.4 Å². The van der Waals surface area contributed by atoms with Gasteiger partial charge < -0.3 is 20.7 Å². The van der Waals surface area contributed by atoms with E-state index in [2.05, 4.69) is 5.32 Å². The van der Waals surface area contributed by atoms with Crippen LogP contribution in [-0.4, -0.2) is 28.1 Å². The summed E-state index contributed by atoms with van der Waals surface area (Å²) in [5, 5.41) is 11.4. The first kappa shape index (κ1) is 15.1. The van der Waals surface area contributed by atoms with Crippen LogP contribution in [0.25, 0.3) is 10.9 Å². The zero-order valence-electron chi connectivity index (χ0n) is 12.4. The summed E-state index contributed by atoms with van der Waals surface area (Å²) in [5.74, 6) is -1.58. The standard InChI is InChI=1S/C16H17N3O4/c17-11-2-1-3-12-14(11)15(22)10(8-19(12)9-4-5-9)16(23)18-7-6-13(20)21/h1-3,8-9H,4-7,17H2,(H,18,23)(H,20,21). The fourth-order valence-corrected chi connectivity index (χ4v) is 2.62. The number of hydrogen-bond acceptors (Lipinski definition) is 4. The molecule has 4 N–H and O–H groups in total. The van der Waals surface area contributed by atoms with Crippen molar-refractivity contribution in [2.45, 2.75) is 25.3 Å². The molecule has 1 saturated carbocycles. The molecule has 3 rings (SSSR count). The van der Waals surface area contributed by atoms with E-state index >= 15 is 0 Å². The number of carbonyl (C=O) groups is 2. The summed E-state index contributed by atoms with van der Waals surface area (Å²) in [7, 11) is 0. The number of pyridine rings is 1. The van der Waals surface area contributed by atoms with Crippen LogP contribution in [-0.2, 0) is 4.79 Å². The van der Waals surface area contributed by atoms with Gasteiger partial charge in [-0.3, -0.25) is 14.4 Å². The van der Waals surface area contributed by atoms with Crippen LogP contribution in [0.2, 0.25) is 0 Å². The molecular formula is C16H17N3O4. The lowest BCUT2D eigenvalue weighted by molar-refractivity contribution is -0.136. The summed E-state index contributed by atoms with van der Waals surface area (Å²) in [4.78, 5) is 35.4.